The minimum Gasteiger partial charge on any atom is -0.261 e. The van der Waals surface area contributed by atoms with Crippen molar-refractivity contribution in [2.24, 2.45) is 5.10 Å². The van der Waals surface area contributed by atoms with Crippen LogP contribution in [0.5, 0.6) is 0 Å². The molecule has 15 heavy (non-hydrogen) atoms. The second-order valence-electron chi connectivity index (χ2n) is 3.43. The van der Waals surface area contributed by atoms with Gasteiger partial charge in [-0.2, -0.15) is 5.10 Å². The van der Waals surface area contributed by atoms with Crippen molar-refractivity contribution in [3.8, 4) is 0 Å². The number of nitrogens with zero attached hydrogens (tertiary/aromatic N) is 4. The molecule has 6 nitrogen and oxygen atoms in total. The predicted octanol–water partition coefficient (Wildman–Crippen LogP) is 2.04. The van der Waals surface area contributed by atoms with Crippen molar-refractivity contribution in [2.75, 3.05) is 6.54 Å². The summed E-state index contributed by atoms with van der Waals surface area (Å²) in [5, 5.41) is 16.3. The largest absolute Gasteiger partial charge is 0.392 e. The van der Waals surface area contributed by atoms with Gasteiger partial charge in [0.05, 0.1) is 27.8 Å². The maximum atomic E-state index is 10.7. The van der Waals surface area contributed by atoms with E-state index in [1.165, 1.54) is 27.3 Å². The van der Waals surface area contributed by atoms with Crippen molar-refractivity contribution in [3.63, 3.8) is 0 Å². The van der Waals surface area contributed by atoms with Crippen LogP contribution in [0.15, 0.2) is 5.10 Å². The maximum Gasteiger partial charge on any atom is 0.392 e. The highest BCUT2D eigenvalue weighted by molar-refractivity contribution is 14.1. The Bertz CT molecular complexity index is 249. The van der Waals surface area contributed by atoms with Crippen molar-refractivity contribution in [3.05, 3.63) is 10.1 Å². The summed E-state index contributed by atoms with van der Waals surface area (Å²) in [5.41, 5.74) is 0. The predicted molar refractivity (Wildman–Crippen MR) is 66.0 cm³/mol. The van der Waals surface area contributed by atoms with Gasteiger partial charge in [0.2, 0.25) is 0 Å². The molecule has 0 aliphatic carbocycles. The summed E-state index contributed by atoms with van der Waals surface area (Å²) in [5.74, 6) is 0. The SMILES string of the molecule is CCCCCCN1N=CN(I)C1[N+](=O)[O-]. The lowest BCUT2D eigenvalue weighted by Gasteiger charge is -2.18. The van der Waals surface area contributed by atoms with Gasteiger partial charge in [-0.15, -0.1) is 0 Å². The fraction of sp³-hybridized carbons (Fsp3) is 0.875. The molecule has 0 saturated heterocycles. The lowest BCUT2D eigenvalue weighted by molar-refractivity contribution is -0.562. The number of hydrogen-bond acceptors (Lipinski definition) is 5. The molecule has 0 amide bonds. The van der Waals surface area contributed by atoms with Gasteiger partial charge in [0.25, 0.3) is 0 Å². The molecule has 0 spiro atoms. The highest BCUT2D eigenvalue weighted by Gasteiger charge is 2.36. The molecular weight excluding hydrogens is 311 g/mol. The minimum absolute atomic E-state index is 0.320. The number of halogens is 1. The van der Waals surface area contributed by atoms with Crippen LogP contribution >= 0.6 is 22.9 Å². The third-order valence-corrected chi connectivity index (χ3v) is 2.97. The number of rotatable bonds is 6. The number of nitro groups is 1. The van der Waals surface area contributed by atoms with Crippen LogP contribution < -0.4 is 0 Å². The molecule has 86 valence electrons. The van der Waals surface area contributed by atoms with E-state index < -0.39 is 6.29 Å². The molecule has 1 heterocycles. The molecule has 0 saturated carbocycles. The summed E-state index contributed by atoms with van der Waals surface area (Å²) in [6.45, 7) is 2.79. The van der Waals surface area contributed by atoms with Crippen LogP contribution in [-0.4, -0.2) is 32.2 Å². The molecule has 0 bridgehead atoms. The molecule has 0 N–H and O–H groups in total. The van der Waals surface area contributed by atoms with Crippen molar-refractivity contribution < 1.29 is 4.92 Å². The van der Waals surface area contributed by atoms with E-state index in [1.807, 2.05) is 22.9 Å². The van der Waals surface area contributed by atoms with Crippen LogP contribution in [0.25, 0.3) is 0 Å². The van der Waals surface area contributed by atoms with Crippen LogP contribution in [-0.2, 0) is 0 Å². The Hall–Kier alpha value is -0.600. The van der Waals surface area contributed by atoms with E-state index in [9.17, 15) is 10.1 Å². The normalized spacial score (nSPS) is 20.0. The maximum absolute atomic E-state index is 10.7. The monoisotopic (exact) mass is 326 g/mol. The van der Waals surface area contributed by atoms with Gasteiger partial charge >= 0.3 is 6.29 Å². The van der Waals surface area contributed by atoms with E-state index in [-0.39, 0.29) is 4.92 Å². The fourth-order valence-electron chi connectivity index (χ4n) is 1.43. The van der Waals surface area contributed by atoms with E-state index in [2.05, 4.69) is 12.0 Å². The first kappa shape index (κ1) is 12.5. The zero-order chi connectivity index (χ0) is 11.3. The Morgan fingerprint density at radius 1 is 1.53 bits per heavy atom. The molecule has 0 fully saturated rings. The quantitative estimate of drug-likeness (QED) is 0.246. The van der Waals surface area contributed by atoms with Gasteiger partial charge in [0.15, 0.2) is 0 Å². The summed E-state index contributed by atoms with van der Waals surface area (Å²) < 4.78 is 1.48. The Morgan fingerprint density at radius 2 is 2.27 bits per heavy atom. The third-order valence-electron chi connectivity index (χ3n) is 2.23. The Balaban J connectivity index is 2.34. The first-order valence-electron chi connectivity index (χ1n) is 5.05. The second-order valence-corrected chi connectivity index (χ2v) is 4.54. The van der Waals surface area contributed by atoms with E-state index in [1.54, 1.807) is 0 Å². The number of hydrazone groups is 1. The summed E-state index contributed by atoms with van der Waals surface area (Å²) in [7, 11) is 0. The molecule has 0 aromatic heterocycles. The number of unbranched alkanes of at least 4 members (excludes halogenated alkanes) is 3. The lowest BCUT2D eigenvalue weighted by atomic mass is 10.2. The van der Waals surface area contributed by atoms with Crippen molar-refractivity contribution in [1.82, 2.24) is 8.12 Å². The minimum atomic E-state index is -0.827. The molecular formula is C8H15IN4O2. The molecule has 1 atom stereocenters. The van der Waals surface area contributed by atoms with Gasteiger partial charge in [-0.3, -0.25) is 10.1 Å². The van der Waals surface area contributed by atoms with Gasteiger partial charge in [0, 0.05) is 6.54 Å². The van der Waals surface area contributed by atoms with E-state index in [0.717, 1.165) is 12.8 Å². The molecule has 1 unspecified atom stereocenters. The average molecular weight is 326 g/mol. The van der Waals surface area contributed by atoms with Gasteiger partial charge in [0.1, 0.15) is 6.34 Å². The lowest BCUT2D eigenvalue weighted by Crippen LogP contribution is -2.41. The van der Waals surface area contributed by atoms with Gasteiger partial charge in [-0.05, 0) is 6.42 Å². The Morgan fingerprint density at radius 3 is 2.87 bits per heavy atom. The Labute approximate surface area is 103 Å². The van der Waals surface area contributed by atoms with Crippen LogP contribution in [0.3, 0.4) is 0 Å². The van der Waals surface area contributed by atoms with Crippen LogP contribution in [0.1, 0.15) is 32.6 Å². The summed E-state index contributed by atoms with van der Waals surface area (Å²) in [6.07, 6.45) is 5.07. The number of hydrogen-bond donors (Lipinski definition) is 0. The topological polar surface area (TPSA) is 62.0 Å². The summed E-state index contributed by atoms with van der Waals surface area (Å²) in [4.78, 5) is 10.4. The smallest absolute Gasteiger partial charge is 0.261 e. The highest BCUT2D eigenvalue weighted by Crippen LogP contribution is 2.17. The zero-order valence-corrected chi connectivity index (χ0v) is 10.8. The third kappa shape index (κ3) is 3.47. The van der Waals surface area contributed by atoms with Gasteiger partial charge in [-0.1, -0.05) is 26.2 Å². The molecule has 1 aliphatic rings. The summed E-state index contributed by atoms with van der Waals surface area (Å²) >= 11 is 1.89. The van der Waals surface area contributed by atoms with Gasteiger partial charge in [-0.25, -0.2) is 8.12 Å². The van der Waals surface area contributed by atoms with Crippen LogP contribution in [0.2, 0.25) is 0 Å². The molecule has 1 rings (SSSR count). The van der Waals surface area contributed by atoms with E-state index in [0.29, 0.717) is 6.54 Å². The van der Waals surface area contributed by atoms with Crippen molar-refractivity contribution >= 4 is 29.2 Å². The Kier molecular flexibility index (Phi) is 5.06. The van der Waals surface area contributed by atoms with Crippen LogP contribution in [0.4, 0.5) is 0 Å². The molecule has 0 aromatic rings. The molecule has 1 aliphatic heterocycles. The first-order chi connectivity index (χ1) is 7.16. The van der Waals surface area contributed by atoms with Crippen molar-refractivity contribution in [1.29, 1.82) is 0 Å². The molecule has 0 radical (unpaired) electrons. The van der Waals surface area contributed by atoms with E-state index in [4.69, 9.17) is 0 Å². The van der Waals surface area contributed by atoms with Gasteiger partial charge < -0.3 is 0 Å². The first-order valence-corrected chi connectivity index (χ1v) is 6.01. The zero-order valence-electron chi connectivity index (χ0n) is 8.67. The van der Waals surface area contributed by atoms with Crippen LogP contribution in [0, 0.1) is 10.1 Å². The summed E-state index contributed by atoms with van der Waals surface area (Å²) in [6, 6.07) is 0. The van der Waals surface area contributed by atoms with Crippen molar-refractivity contribution in [2.45, 2.75) is 38.9 Å². The fourth-order valence-corrected chi connectivity index (χ4v) is 2.04. The molecule has 0 aromatic carbocycles. The second kappa shape index (κ2) is 6.09. The van der Waals surface area contributed by atoms with E-state index >= 15 is 0 Å². The molecule has 7 heteroatoms. The standard InChI is InChI=1S/C8H15IN4O2/c1-2-3-4-5-6-12-8(13(14)15)11(9)7-10-12/h7-8H,2-6H2,1H3. The average Bonchev–Trinajstić information content (AvgIpc) is 2.54. The highest BCUT2D eigenvalue weighted by atomic mass is 127.